The molecule has 2 aromatic heterocycles. The van der Waals surface area contributed by atoms with Crippen LogP contribution >= 0.6 is 0 Å². The Balaban J connectivity index is 1.58. The van der Waals surface area contributed by atoms with Crippen molar-refractivity contribution < 1.29 is 14.2 Å². The summed E-state index contributed by atoms with van der Waals surface area (Å²) in [5.74, 6) is 2.11. The maximum Gasteiger partial charge on any atom is 0.217 e. The average Bonchev–Trinajstić information content (AvgIpc) is 2.75. The lowest BCUT2D eigenvalue weighted by Gasteiger charge is -2.13. The van der Waals surface area contributed by atoms with Crippen LogP contribution in [0, 0.1) is 0 Å². The fourth-order valence-electron chi connectivity index (χ4n) is 2.75. The Hall–Kier alpha value is -3.12. The molecule has 3 rings (SSSR count). The van der Waals surface area contributed by atoms with Gasteiger partial charge in [0.05, 0.1) is 13.7 Å². The first kappa shape index (κ1) is 19.6. The van der Waals surface area contributed by atoms with Crippen LogP contribution in [0.5, 0.6) is 17.4 Å². The zero-order chi connectivity index (χ0) is 19.6. The number of benzene rings is 1. The number of ether oxygens (including phenoxy) is 3. The quantitative estimate of drug-likeness (QED) is 0.579. The number of rotatable bonds is 10. The SMILES string of the molecule is CCOc1ncccc1CNCc1ccc(OCc2ccncc2)c(OC)c1. The number of hydrogen-bond donors (Lipinski definition) is 1. The highest BCUT2D eigenvalue weighted by Gasteiger charge is 2.08. The maximum atomic E-state index is 5.89. The Labute approximate surface area is 165 Å². The maximum absolute atomic E-state index is 5.89. The van der Waals surface area contributed by atoms with Gasteiger partial charge in [0.2, 0.25) is 5.88 Å². The molecule has 2 heterocycles. The molecule has 28 heavy (non-hydrogen) atoms. The van der Waals surface area contributed by atoms with E-state index in [-0.39, 0.29) is 0 Å². The number of methoxy groups -OCH3 is 1. The highest BCUT2D eigenvalue weighted by molar-refractivity contribution is 5.43. The minimum Gasteiger partial charge on any atom is -0.493 e. The molecule has 0 atom stereocenters. The van der Waals surface area contributed by atoms with Crippen LogP contribution in [0.25, 0.3) is 0 Å². The third-order valence-corrected chi connectivity index (χ3v) is 4.15. The summed E-state index contributed by atoms with van der Waals surface area (Å²) in [6.07, 6.45) is 5.25. The van der Waals surface area contributed by atoms with Crippen LogP contribution in [0.15, 0.2) is 61.1 Å². The summed E-state index contributed by atoms with van der Waals surface area (Å²) in [5, 5.41) is 3.42. The van der Waals surface area contributed by atoms with Gasteiger partial charge >= 0.3 is 0 Å². The van der Waals surface area contributed by atoms with Crippen LogP contribution in [0.1, 0.15) is 23.6 Å². The molecule has 1 N–H and O–H groups in total. The minimum atomic E-state index is 0.470. The van der Waals surface area contributed by atoms with Crippen molar-refractivity contribution >= 4 is 0 Å². The Morgan fingerprint density at radius 3 is 2.54 bits per heavy atom. The Morgan fingerprint density at radius 2 is 1.75 bits per heavy atom. The van der Waals surface area contributed by atoms with Crippen molar-refractivity contribution in [3.8, 4) is 17.4 Å². The van der Waals surface area contributed by atoms with Gasteiger partial charge in [0, 0.05) is 37.2 Å². The van der Waals surface area contributed by atoms with Crippen molar-refractivity contribution in [3.05, 3.63) is 77.7 Å². The molecule has 0 bridgehead atoms. The topological polar surface area (TPSA) is 65.5 Å². The van der Waals surface area contributed by atoms with Gasteiger partial charge in [-0.2, -0.15) is 0 Å². The van der Waals surface area contributed by atoms with Gasteiger partial charge in [-0.1, -0.05) is 12.1 Å². The van der Waals surface area contributed by atoms with Gasteiger partial charge in [0.1, 0.15) is 6.61 Å². The summed E-state index contributed by atoms with van der Waals surface area (Å²) in [6.45, 7) is 4.39. The van der Waals surface area contributed by atoms with Gasteiger partial charge in [0.15, 0.2) is 11.5 Å². The molecule has 0 fully saturated rings. The molecule has 0 saturated carbocycles. The molecular formula is C22H25N3O3. The first-order valence-corrected chi connectivity index (χ1v) is 9.26. The van der Waals surface area contributed by atoms with Gasteiger partial charge < -0.3 is 19.5 Å². The second kappa shape index (κ2) is 10.3. The smallest absolute Gasteiger partial charge is 0.217 e. The van der Waals surface area contributed by atoms with E-state index in [1.165, 1.54) is 0 Å². The second-order valence-electron chi connectivity index (χ2n) is 6.13. The van der Waals surface area contributed by atoms with E-state index in [1.54, 1.807) is 25.7 Å². The van der Waals surface area contributed by atoms with Crippen LogP contribution in [0.4, 0.5) is 0 Å². The van der Waals surface area contributed by atoms with E-state index >= 15 is 0 Å². The lowest BCUT2D eigenvalue weighted by atomic mass is 10.2. The molecule has 0 aliphatic rings. The molecule has 0 unspecified atom stereocenters. The lowest BCUT2D eigenvalue weighted by molar-refractivity contribution is 0.284. The van der Waals surface area contributed by atoms with E-state index < -0.39 is 0 Å². The Bertz CT molecular complexity index is 872. The first-order valence-electron chi connectivity index (χ1n) is 9.26. The predicted octanol–water partition coefficient (Wildman–Crippen LogP) is 3.75. The summed E-state index contributed by atoms with van der Waals surface area (Å²) in [6, 6.07) is 13.7. The lowest BCUT2D eigenvalue weighted by Crippen LogP contribution is -2.14. The standard InChI is InChI=1S/C22H25N3O3/c1-3-27-22-19(5-4-10-25-22)15-24-14-18-6-7-20(21(13-18)26-2)28-16-17-8-11-23-12-9-17/h4-13,24H,3,14-16H2,1-2H3. The van der Waals surface area contributed by atoms with Crippen molar-refractivity contribution in [3.63, 3.8) is 0 Å². The second-order valence-corrected chi connectivity index (χ2v) is 6.13. The minimum absolute atomic E-state index is 0.470. The summed E-state index contributed by atoms with van der Waals surface area (Å²) in [5.41, 5.74) is 3.20. The van der Waals surface area contributed by atoms with Gasteiger partial charge in [-0.25, -0.2) is 4.98 Å². The molecule has 0 amide bonds. The molecule has 0 aliphatic heterocycles. The first-order chi connectivity index (χ1) is 13.8. The summed E-state index contributed by atoms with van der Waals surface area (Å²) in [4.78, 5) is 8.29. The number of nitrogens with one attached hydrogen (secondary N) is 1. The van der Waals surface area contributed by atoms with Crippen molar-refractivity contribution in [1.82, 2.24) is 15.3 Å². The van der Waals surface area contributed by atoms with E-state index in [1.807, 2.05) is 49.4 Å². The molecule has 3 aromatic rings. The summed E-state index contributed by atoms with van der Waals surface area (Å²) >= 11 is 0. The number of nitrogens with zero attached hydrogens (tertiary/aromatic N) is 2. The molecule has 0 aliphatic carbocycles. The normalized spacial score (nSPS) is 10.5. The van der Waals surface area contributed by atoms with E-state index in [4.69, 9.17) is 14.2 Å². The molecule has 0 radical (unpaired) electrons. The van der Waals surface area contributed by atoms with Gasteiger partial charge in [-0.15, -0.1) is 0 Å². The molecular weight excluding hydrogens is 354 g/mol. The van der Waals surface area contributed by atoms with Crippen LogP contribution < -0.4 is 19.5 Å². The fraction of sp³-hybridized carbons (Fsp3) is 0.273. The van der Waals surface area contributed by atoms with E-state index in [2.05, 4.69) is 15.3 Å². The van der Waals surface area contributed by atoms with Crippen molar-refractivity contribution in [2.45, 2.75) is 26.6 Å². The molecule has 0 saturated heterocycles. The van der Waals surface area contributed by atoms with Crippen LogP contribution in [-0.2, 0) is 19.7 Å². The van der Waals surface area contributed by atoms with Crippen LogP contribution in [0.2, 0.25) is 0 Å². The van der Waals surface area contributed by atoms with Crippen molar-refractivity contribution in [1.29, 1.82) is 0 Å². The third kappa shape index (κ3) is 5.44. The molecule has 6 heteroatoms. The Kier molecular flexibility index (Phi) is 7.21. The average molecular weight is 379 g/mol. The highest BCUT2D eigenvalue weighted by atomic mass is 16.5. The monoisotopic (exact) mass is 379 g/mol. The predicted molar refractivity (Wildman–Crippen MR) is 108 cm³/mol. The van der Waals surface area contributed by atoms with E-state index in [9.17, 15) is 0 Å². The van der Waals surface area contributed by atoms with E-state index in [0.717, 1.165) is 16.7 Å². The molecule has 0 spiro atoms. The molecule has 146 valence electrons. The van der Waals surface area contributed by atoms with Gasteiger partial charge in [0.25, 0.3) is 0 Å². The third-order valence-electron chi connectivity index (χ3n) is 4.15. The number of pyridine rings is 2. The van der Waals surface area contributed by atoms with Gasteiger partial charge in [-0.3, -0.25) is 4.98 Å². The summed E-state index contributed by atoms with van der Waals surface area (Å²) < 4.78 is 16.9. The zero-order valence-electron chi connectivity index (χ0n) is 16.2. The van der Waals surface area contributed by atoms with Crippen molar-refractivity contribution in [2.24, 2.45) is 0 Å². The largest absolute Gasteiger partial charge is 0.493 e. The van der Waals surface area contributed by atoms with Crippen LogP contribution in [0.3, 0.4) is 0 Å². The van der Waals surface area contributed by atoms with Crippen LogP contribution in [-0.4, -0.2) is 23.7 Å². The summed E-state index contributed by atoms with van der Waals surface area (Å²) in [7, 11) is 1.65. The van der Waals surface area contributed by atoms with E-state index in [0.29, 0.717) is 43.7 Å². The molecule has 1 aromatic carbocycles. The molecule has 6 nitrogen and oxygen atoms in total. The van der Waals surface area contributed by atoms with Crippen molar-refractivity contribution in [2.75, 3.05) is 13.7 Å². The zero-order valence-corrected chi connectivity index (χ0v) is 16.2. The van der Waals surface area contributed by atoms with Gasteiger partial charge in [-0.05, 0) is 48.4 Å². The fourth-order valence-corrected chi connectivity index (χ4v) is 2.75. The number of aromatic nitrogens is 2. The highest BCUT2D eigenvalue weighted by Crippen LogP contribution is 2.29. The number of hydrogen-bond acceptors (Lipinski definition) is 6. The Morgan fingerprint density at radius 1 is 0.893 bits per heavy atom.